The number of hydrogen-bond acceptors (Lipinski definition) is 4. The first-order valence-corrected chi connectivity index (χ1v) is 8.61. The van der Waals surface area contributed by atoms with E-state index in [9.17, 15) is 13.2 Å². The van der Waals surface area contributed by atoms with Crippen molar-refractivity contribution in [2.75, 3.05) is 6.26 Å². The van der Waals surface area contributed by atoms with Crippen LogP contribution in [-0.4, -0.2) is 29.1 Å². The largest absolute Gasteiger partial charge is 0.504 e. The molecule has 0 aliphatic carbocycles. The molecule has 0 aliphatic heterocycles. The highest BCUT2D eigenvalue weighted by atomic mass is 32.2. The average Bonchev–Trinajstić information content (AvgIpc) is 1.49. The van der Waals surface area contributed by atoms with Crippen LogP contribution in [0.4, 0.5) is 4.79 Å². The van der Waals surface area contributed by atoms with Crippen LogP contribution in [0.3, 0.4) is 0 Å². The second-order valence-electron chi connectivity index (χ2n) is 3.38. The maximum Gasteiger partial charge on any atom is 0.407 e. The lowest BCUT2D eigenvalue weighted by Gasteiger charge is -2.16. The summed E-state index contributed by atoms with van der Waals surface area (Å²) in [5.74, 6) is 0. The SMILES string of the molecule is C[Si](C)(C)OC(=O)NS(C)(=O)=O. The van der Waals surface area contributed by atoms with Gasteiger partial charge in [-0.2, -0.15) is 0 Å². The zero-order valence-corrected chi connectivity index (χ0v) is 9.36. The first-order chi connectivity index (χ1) is 5.10. The fraction of sp³-hybridized carbons (Fsp3) is 0.800. The molecule has 0 radical (unpaired) electrons. The Kier molecular flexibility index (Phi) is 3.28. The van der Waals surface area contributed by atoms with Gasteiger partial charge in [0.2, 0.25) is 18.3 Å². The van der Waals surface area contributed by atoms with Gasteiger partial charge in [0, 0.05) is 0 Å². The van der Waals surface area contributed by atoms with Gasteiger partial charge in [-0.1, -0.05) is 0 Å². The van der Waals surface area contributed by atoms with Crippen molar-refractivity contribution in [1.29, 1.82) is 0 Å². The molecule has 5 nitrogen and oxygen atoms in total. The molecule has 0 aromatic rings. The number of hydrogen-bond donors (Lipinski definition) is 1. The second-order valence-corrected chi connectivity index (χ2v) is 9.55. The van der Waals surface area contributed by atoms with E-state index in [1.54, 1.807) is 24.4 Å². The van der Waals surface area contributed by atoms with E-state index in [1.165, 1.54) is 0 Å². The lowest BCUT2D eigenvalue weighted by atomic mass is 11.3. The number of nitrogens with one attached hydrogen (secondary N) is 1. The normalized spacial score (nSPS) is 12.3. The molecule has 0 bridgehead atoms. The van der Waals surface area contributed by atoms with Crippen molar-refractivity contribution in [3.8, 4) is 0 Å². The fourth-order valence-electron chi connectivity index (χ4n) is 0.450. The maximum atomic E-state index is 10.8. The van der Waals surface area contributed by atoms with Gasteiger partial charge in [0.1, 0.15) is 0 Å². The molecule has 0 aromatic carbocycles. The first-order valence-electron chi connectivity index (χ1n) is 3.31. The Morgan fingerprint density at radius 3 is 2.00 bits per heavy atom. The second kappa shape index (κ2) is 3.44. The summed E-state index contributed by atoms with van der Waals surface area (Å²) < 4.78 is 27.6. The summed E-state index contributed by atoms with van der Waals surface area (Å²) in [6.45, 7) is 5.36. The van der Waals surface area contributed by atoms with Crippen molar-refractivity contribution in [2.24, 2.45) is 0 Å². The Labute approximate surface area is 73.3 Å². The molecular weight excluding hydrogens is 198 g/mol. The molecule has 0 fully saturated rings. The third kappa shape index (κ3) is 7.54. The highest BCUT2D eigenvalue weighted by Crippen LogP contribution is 2.02. The predicted octanol–water partition coefficient (Wildman–Crippen LogP) is 0.507. The van der Waals surface area contributed by atoms with E-state index in [2.05, 4.69) is 0 Å². The van der Waals surface area contributed by atoms with Gasteiger partial charge in [-0.05, 0) is 19.6 Å². The Morgan fingerprint density at radius 1 is 1.33 bits per heavy atom. The van der Waals surface area contributed by atoms with Crippen LogP contribution < -0.4 is 4.72 Å². The molecule has 0 unspecified atom stereocenters. The quantitative estimate of drug-likeness (QED) is 0.675. The van der Waals surface area contributed by atoms with Crippen molar-refractivity contribution < 1.29 is 17.6 Å². The van der Waals surface area contributed by atoms with Crippen LogP contribution in [0.5, 0.6) is 0 Å². The van der Waals surface area contributed by atoms with Crippen molar-refractivity contribution >= 4 is 24.4 Å². The van der Waals surface area contributed by atoms with Gasteiger partial charge in [-0.25, -0.2) is 17.9 Å². The van der Waals surface area contributed by atoms with Crippen molar-refractivity contribution in [3.05, 3.63) is 0 Å². The van der Waals surface area contributed by atoms with Gasteiger partial charge in [0.15, 0.2) is 0 Å². The molecule has 0 aromatic heterocycles. The molecule has 0 aliphatic rings. The Morgan fingerprint density at radius 2 is 1.75 bits per heavy atom. The molecule has 0 heterocycles. The average molecular weight is 211 g/mol. The van der Waals surface area contributed by atoms with Crippen LogP contribution in [0.1, 0.15) is 0 Å². The summed E-state index contributed by atoms with van der Waals surface area (Å²) >= 11 is 0. The molecule has 12 heavy (non-hydrogen) atoms. The Hall–Kier alpha value is -0.563. The minimum Gasteiger partial charge on any atom is -0.504 e. The van der Waals surface area contributed by atoms with Gasteiger partial charge in [-0.15, -0.1) is 0 Å². The standard InChI is InChI=1S/C5H13NO4SSi/c1-11(8,9)6-5(7)10-12(2,3)4/h1-4H3,(H,6,7). The van der Waals surface area contributed by atoms with E-state index >= 15 is 0 Å². The predicted molar refractivity (Wildman–Crippen MR) is 47.8 cm³/mol. The van der Waals surface area contributed by atoms with Crippen LogP contribution in [0.15, 0.2) is 0 Å². The topological polar surface area (TPSA) is 72.5 Å². The van der Waals surface area contributed by atoms with Crippen molar-refractivity contribution in [1.82, 2.24) is 4.72 Å². The van der Waals surface area contributed by atoms with Crippen molar-refractivity contribution in [2.45, 2.75) is 19.6 Å². The lowest BCUT2D eigenvalue weighted by molar-refractivity contribution is 0.205. The molecule has 0 atom stereocenters. The van der Waals surface area contributed by atoms with Gasteiger partial charge in [0.25, 0.3) is 0 Å². The smallest absolute Gasteiger partial charge is 0.407 e. The molecular formula is C5H13NO4SSi. The third-order valence-corrected chi connectivity index (χ3v) is 2.00. The minimum atomic E-state index is -3.50. The highest BCUT2D eigenvalue weighted by Gasteiger charge is 2.21. The summed E-state index contributed by atoms with van der Waals surface area (Å²) in [6, 6.07) is 0. The van der Waals surface area contributed by atoms with Crippen LogP contribution in [-0.2, 0) is 14.4 Å². The minimum absolute atomic E-state index is 0.892. The summed E-state index contributed by atoms with van der Waals surface area (Å²) in [4.78, 5) is 10.8. The number of carbonyl (C=O) groups is 1. The van der Waals surface area contributed by atoms with E-state index in [4.69, 9.17) is 4.43 Å². The number of sulfonamides is 1. The van der Waals surface area contributed by atoms with Crippen molar-refractivity contribution in [3.63, 3.8) is 0 Å². The Balaban J connectivity index is 4.10. The van der Waals surface area contributed by atoms with Gasteiger partial charge in [-0.3, -0.25) is 0 Å². The van der Waals surface area contributed by atoms with E-state index in [1.807, 2.05) is 0 Å². The zero-order valence-electron chi connectivity index (χ0n) is 7.54. The summed E-state index contributed by atoms with van der Waals surface area (Å²) in [5, 5.41) is 0. The number of rotatable bonds is 2. The molecule has 0 saturated heterocycles. The van der Waals surface area contributed by atoms with Crippen LogP contribution in [0.2, 0.25) is 19.6 Å². The molecule has 0 rings (SSSR count). The van der Waals surface area contributed by atoms with E-state index in [0.717, 1.165) is 6.26 Å². The first kappa shape index (κ1) is 11.4. The lowest BCUT2D eigenvalue weighted by Crippen LogP contribution is -2.38. The molecule has 0 saturated carbocycles. The van der Waals surface area contributed by atoms with Crippen LogP contribution in [0.25, 0.3) is 0 Å². The third-order valence-electron chi connectivity index (χ3n) is 0.668. The van der Waals surface area contributed by atoms with E-state index < -0.39 is 24.4 Å². The number of amides is 1. The summed E-state index contributed by atoms with van der Waals surface area (Å²) in [7, 11) is -5.49. The number of carbonyl (C=O) groups excluding carboxylic acids is 1. The summed E-state index contributed by atoms with van der Waals surface area (Å²) in [5.41, 5.74) is 0. The van der Waals surface area contributed by atoms with Crippen LogP contribution >= 0.6 is 0 Å². The maximum absolute atomic E-state index is 10.8. The highest BCUT2D eigenvalue weighted by molar-refractivity contribution is 7.89. The van der Waals surface area contributed by atoms with E-state index in [-0.39, 0.29) is 0 Å². The van der Waals surface area contributed by atoms with E-state index in [0.29, 0.717) is 0 Å². The molecule has 1 N–H and O–H groups in total. The monoisotopic (exact) mass is 211 g/mol. The molecule has 1 amide bonds. The molecule has 72 valence electrons. The van der Waals surface area contributed by atoms with Gasteiger partial charge >= 0.3 is 6.09 Å². The molecule has 0 spiro atoms. The fourth-order valence-corrected chi connectivity index (χ4v) is 1.48. The molecule has 7 heteroatoms. The van der Waals surface area contributed by atoms with Gasteiger partial charge < -0.3 is 4.43 Å². The zero-order chi connectivity index (χ0) is 9.99. The Bertz CT molecular complexity index is 266. The van der Waals surface area contributed by atoms with Gasteiger partial charge in [0.05, 0.1) is 6.26 Å². The van der Waals surface area contributed by atoms with Crippen LogP contribution in [0, 0.1) is 0 Å². The summed E-state index contributed by atoms with van der Waals surface area (Å²) in [6.07, 6.45) is 0.00929.